The lowest BCUT2D eigenvalue weighted by Gasteiger charge is -2.37. The van der Waals surface area contributed by atoms with Crippen molar-refractivity contribution in [3.8, 4) is 0 Å². The number of carbonyl (C=O) groups is 2. The third kappa shape index (κ3) is 5.69. The highest BCUT2D eigenvalue weighted by Gasteiger charge is 2.29. The molecule has 1 aliphatic heterocycles. The SMILES string of the molecule is CN(C(=O)OC(C)(C)C)C1CCN(C(=O)Cc2ccc(Br)c(F)c2)CC1. The molecule has 1 heterocycles. The Labute approximate surface area is 162 Å². The zero-order valence-electron chi connectivity index (χ0n) is 15.7. The minimum atomic E-state index is -0.526. The fourth-order valence-electron chi connectivity index (χ4n) is 2.92. The molecule has 0 unspecified atom stereocenters. The number of piperidine rings is 1. The molecular weight excluding hydrogens is 403 g/mol. The van der Waals surface area contributed by atoms with E-state index in [0.717, 1.165) is 0 Å². The minimum Gasteiger partial charge on any atom is -0.444 e. The Bertz CT molecular complexity index is 667. The summed E-state index contributed by atoms with van der Waals surface area (Å²) in [7, 11) is 1.74. The summed E-state index contributed by atoms with van der Waals surface area (Å²) in [6.45, 7) is 6.67. The van der Waals surface area contributed by atoms with Crippen molar-refractivity contribution in [1.82, 2.24) is 9.80 Å². The first-order chi connectivity index (χ1) is 12.1. The number of halogens is 2. The van der Waals surface area contributed by atoms with E-state index in [1.54, 1.807) is 29.0 Å². The number of hydrogen-bond acceptors (Lipinski definition) is 3. The number of carbonyl (C=O) groups excluding carboxylic acids is 2. The summed E-state index contributed by atoms with van der Waals surface area (Å²) in [6, 6.07) is 4.79. The monoisotopic (exact) mass is 428 g/mol. The molecule has 1 fully saturated rings. The Balaban J connectivity index is 1.86. The first-order valence-corrected chi connectivity index (χ1v) is 9.53. The normalized spacial score (nSPS) is 15.7. The van der Waals surface area contributed by atoms with Gasteiger partial charge in [-0.25, -0.2) is 9.18 Å². The fraction of sp³-hybridized carbons (Fsp3) is 0.579. The van der Waals surface area contributed by atoms with E-state index in [9.17, 15) is 14.0 Å². The maximum absolute atomic E-state index is 13.6. The third-order valence-electron chi connectivity index (χ3n) is 4.39. The van der Waals surface area contributed by atoms with Crippen molar-refractivity contribution in [3.05, 3.63) is 34.1 Å². The van der Waals surface area contributed by atoms with Crippen LogP contribution in [0.5, 0.6) is 0 Å². The number of ether oxygens (including phenoxy) is 1. The summed E-state index contributed by atoms with van der Waals surface area (Å²) >= 11 is 3.11. The van der Waals surface area contributed by atoms with Crippen LogP contribution in [-0.4, -0.2) is 53.6 Å². The van der Waals surface area contributed by atoms with Crippen LogP contribution in [0.1, 0.15) is 39.2 Å². The quantitative estimate of drug-likeness (QED) is 0.730. The van der Waals surface area contributed by atoms with Crippen molar-refractivity contribution < 1.29 is 18.7 Å². The van der Waals surface area contributed by atoms with Crippen molar-refractivity contribution in [2.24, 2.45) is 0 Å². The molecule has 0 bridgehead atoms. The number of nitrogens with zero attached hydrogens (tertiary/aromatic N) is 2. The van der Waals surface area contributed by atoms with Crippen LogP contribution in [0.3, 0.4) is 0 Å². The molecule has 0 aromatic heterocycles. The Morgan fingerprint density at radius 1 is 1.31 bits per heavy atom. The van der Waals surface area contributed by atoms with Gasteiger partial charge in [0.25, 0.3) is 0 Å². The Morgan fingerprint density at radius 2 is 1.92 bits per heavy atom. The summed E-state index contributed by atoms with van der Waals surface area (Å²) in [6.07, 6.45) is 1.25. The second kappa shape index (κ2) is 8.37. The van der Waals surface area contributed by atoms with Gasteiger partial charge >= 0.3 is 6.09 Å². The van der Waals surface area contributed by atoms with Crippen molar-refractivity contribution in [2.45, 2.75) is 51.7 Å². The molecule has 2 rings (SSSR count). The smallest absolute Gasteiger partial charge is 0.410 e. The number of likely N-dealkylation sites (tertiary alicyclic amines) is 1. The summed E-state index contributed by atoms with van der Waals surface area (Å²) in [5, 5.41) is 0. The molecule has 0 aliphatic carbocycles. The van der Waals surface area contributed by atoms with Crippen LogP contribution in [0.15, 0.2) is 22.7 Å². The van der Waals surface area contributed by atoms with Crippen LogP contribution in [0, 0.1) is 5.82 Å². The molecule has 5 nitrogen and oxygen atoms in total. The highest BCUT2D eigenvalue weighted by atomic mass is 79.9. The van der Waals surface area contributed by atoms with Gasteiger partial charge in [0.2, 0.25) is 5.91 Å². The van der Waals surface area contributed by atoms with Gasteiger partial charge in [0.15, 0.2) is 0 Å². The molecule has 0 atom stereocenters. The van der Waals surface area contributed by atoms with Crippen molar-refractivity contribution in [3.63, 3.8) is 0 Å². The van der Waals surface area contributed by atoms with Gasteiger partial charge in [0.05, 0.1) is 10.9 Å². The number of benzene rings is 1. The molecule has 1 aromatic rings. The number of rotatable bonds is 3. The maximum atomic E-state index is 13.6. The van der Waals surface area contributed by atoms with Crippen LogP contribution in [0.2, 0.25) is 0 Å². The average Bonchev–Trinajstić information content (AvgIpc) is 2.56. The van der Waals surface area contributed by atoms with E-state index in [1.807, 2.05) is 20.8 Å². The molecule has 26 heavy (non-hydrogen) atoms. The predicted molar refractivity (Wildman–Crippen MR) is 101 cm³/mol. The summed E-state index contributed by atoms with van der Waals surface area (Å²) in [5.41, 5.74) is 0.130. The standard InChI is InChI=1S/C19H26BrFN2O3/c1-19(2,3)26-18(25)22(4)14-7-9-23(10-8-14)17(24)12-13-5-6-15(20)16(21)11-13/h5-6,11,14H,7-10,12H2,1-4H3. The minimum absolute atomic E-state index is 0.0231. The van der Waals surface area contributed by atoms with Gasteiger partial charge in [-0.3, -0.25) is 4.79 Å². The Morgan fingerprint density at radius 3 is 2.46 bits per heavy atom. The van der Waals surface area contributed by atoms with Gasteiger partial charge in [-0.1, -0.05) is 6.07 Å². The van der Waals surface area contributed by atoms with Gasteiger partial charge in [-0.05, 0) is 67.2 Å². The fourth-order valence-corrected chi connectivity index (χ4v) is 3.17. The van der Waals surface area contributed by atoms with Crippen LogP contribution in [0.4, 0.5) is 9.18 Å². The Hall–Kier alpha value is -1.63. The first-order valence-electron chi connectivity index (χ1n) is 8.74. The van der Waals surface area contributed by atoms with Gasteiger partial charge in [0, 0.05) is 26.2 Å². The van der Waals surface area contributed by atoms with E-state index in [2.05, 4.69) is 15.9 Å². The van der Waals surface area contributed by atoms with Crippen LogP contribution in [0.25, 0.3) is 0 Å². The Kier molecular flexibility index (Phi) is 6.66. The van der Waals surface area contributed by atoms with E-state index in [-0.39, 0.29) is 30.3 Å². The van der Waals surface area contributed by atoms with Crippen LogP contribution >= 0.6 is 15.9 Å². The second-order valence-corrected chi connectivity index (χ2v) is 8.48. The summed E-state index contributed by atoms with van der Waals surface area (Å²) in [4.78, 5) is 28.0. The molecule has 2 amide bonds. The lowest BCUT2D eigenvalue weighted by atomic mass is 10.0. The summed E-state index contributed by atoms with van der Waals surface area (Å²) < 4.78 is 19.4. The lowest BCUT2D eigenvalue weighted by Crippen LogP contribution is -2.48. The third-order valence-corrected chi connectivity index (χ3v) is 5.03. The van der Waals surface area contributed by atoms with Gasteiger partial charge in [-0.2, -0.15) is 0 Å². The summed E-state index contributed by atoms with van der Waals surface area (Å²) in [5.74, 6) is -0.391. The zero-order chi connectivity index (χ0) is 19.5. The maximum Gasteiger partial charge on any atom is 0.410 e. The molecule has 1 aliphatic rings. The number of amides is 2. The van der Waals surface area contributed by atoms with Crippen molar-refractivity contribution in [2.75, 3.05) is 20.1 Å². The van der Waals surface area contributed by atoms with Crippen molar-refractivity contribution >= 4 is 27.9 Å². The molecule has 1 saturated heterocycles. The zero-order valence-corrected chi connectivity index (χ0v) is 17.3. The molecular formula is C19H26BrFN2O3. The molecule has 7 heteroatoms. The number of hydrogen-bond donors (Lipinski definition) is 0. The van der Waals surface area contributed by atoms with E-state index < -0.39 is 5.60 Å². The molecule has 0 spiro atoms. The van der Waals surface area contributed by atoms with Gasteiger partial charge in [-0.15, -0.1) is 0 Å². The topological polar surface area (TPSA) is 49.9 Å². The van der Waals surface area contributed by atoms with E-state index in [1.165, 1.54) is 6.07 Å². The highest BCUT2D eigenvalue weighted by molar-refractivity contribution is 9.10. The van der Waals surface area contributed by atoms with Gasteiger partial charge < -0.3 is 14.5 Å². The second-order valence-electron chi connectivity index (χ2n) is 7.63. The van der Waals surface area contributed by atoms with Crippen LogP contribution in [-0.2, 0) is 16.0 Å². The molecule has 1 aromatic carbocycles. The molecule has 0 N–H and O–H groups in total. The molecule has 144 valence electrons. The predicted octanol–water partition coefficient (Wildman–Crippen LogP) is 3.99. The van der Waals surface area contributed by atoms with E-state index in [4.69, 9.17) is 4.74 Å². The lowest BCUT2D eigenvalue weighted by molar-refractivity contribution is -0.131. The largest absolute Gasteiger partial charge is 0.444 e. The van der Waals surface area contributed by atoms with Crippen LogP contribution < -0.4 is 0 Å². The molecule has 0 radical (unpaired) electrons. The van der Waals surface area contributed by atoms with E-state index >= 15 is 0 Å². The molecule has 0 saturated carbocycles. The first kappa shape index (κ1) is 20.7. The van der Waals surface area contributed by atoms with Crippen molar-refractivity contribution in [1.29, 1.82) is 0 Å². The van der Waals surface area contributed by atoms with Gasteiger partial charge in [0.1, 0.15) is 11.4 Å². The highest BCUT2D eigenvalue weighted by Crippen LogP contribution is 2.20. The average molecular weight is 429 g/mol. The van der Waals surface area contributed by atoms with E-state index in [0.29, 0.717) is 36.0 Å².